The minimum Gasteiger partial charge on any atom is -0.459 e. The van der Waals surface area contributed by atoms with Gasteiger partial charge in [-0.05, 0) is 18.4 Å². The molecule has 6 nitrogen and oxygen atoms in total. The summed E-state index contributed by atoms with van der Waals surface area (Å²) in [6.07, 6.45) is 2.41. The van der Waals surface area contributed by atoms with Crippen molar-refractivity contribution in [2.45, 2.75) is 45.6 Å². The number of hydrogen-bond acceptors (Lipinski definition) is 6. The molecule has 0 radical (unpaired) electrons. The van der Waals surface area contributed by atoms with Crippen molar-refractivity contribution in [1.82, 2.24) is 14.6 Å². The summed E-state index contributed by atoms with van der Waals surface area (Å²) >= 11 is 1.39. The molecule has 26 heavy (non-hydrogen) atoms. The summed E-state index contributed by atoms with van der Waals surface area (Å²) < 4.78 is 6.73. The number of carbonyl (C=O) groups is 1. The summed E-state index contributed by atoms with van der Waals surface area (Å²) in [6.45, 7) is 3.99. The van der Waals surface area contributed by atoms with E-state index in [1.165, 1.54) is 21.9 Å². The normalized spacial score (nSPS) is 12.2. The third-order valence-electron chi connectivity index (χ3n) is 4.06. The number of benzene rings is 1. The highest BCUT2D eigenvalue weighted by molar-refractivity contribution is 7.16. The van der Waals surface area contributed by atoms with E-state index >= 15 is 0 Å². The van der Waals surface area contributed by atoms with E-state index in [0.717, 1.165) is 23.4 Å². The van der Waals surface area contributed by atoms with Gasteiger partial charge in [0.15, 0.2) is 0 Å². The van der Waals surface area contributed by atoms with Gasteiger partial charge in [-0.15, -0.1) is 0 Å². The SMILES string of the molecule is CCCc1nn2c(=O)cc(COC(=O)C(CC)c3ccccc3)nc2s1. The fourth-order valence-corrected chi connectivity index (χ4v) is 3.77. The summed E-state index contributed by atoms with van der Waals surface area (Å²) in [5.74, 6) is -0.628. The maximum atomic E-state index is 12.4. The summed E-state index contributed by atoms with van der Waals surface area (Å²) in [5, 5.41) is 5.15. The van der Waals surface area contributed by atoms with Crippen LogP contribution in [0.15, 0.2) is 41.2 Å². The maximum Gasteiger partial charge on any atom is 0.313 e. The molecule has 1 unspecified atom stereocenters. The first kappa shape index (κ1) is 18.3. The highest BCUT2D eigenvalue weighted by atomic mass is 32.1. The van der Waals surface area contributed by atoms with Crippen LogP contribution >= 0.6 is 11.3 Å². The Labute approximate surface area is 155 Å². The lowest BCUT2D eigenvalue weighted by atomic mass is 9.97. The average Bonchev–Trinajstić information content (AvgIpc) is 3.05. The Balaban J connectivity index is 1.74. The Bertz CT molecular complexity index is 950. The highest BCUT2D eigenvalue weighted by Crippen LogP contribution is 2.21. The van der Waals surface area contributed by atoms with Gasteiger partial charge in [-0.1, -0.05) is 55.5 Å². The third kappa shape index (κ3) is 3.99. The van der Waals surface area contributed by atoms with Gasteiger partial charge < -0.3 is 4.74 Å². The number of carbonyl (C=O) groups excluding carboxylic acids is 1. The number of hydrogen-bond donors (Lipinski definition) is 0. The van der Waals surface area contributed by atoms with Crippen LogP contribution in [0.1, 0.15) is 48.9 Å². The molecule has 136 valence electrons. The number of esters is 1. The van der Waals surface area contributed by atoms with Gasteiger partial charge in [0.05, 0.1) is 11.6 Å². The zero-order chi connectivity index (χ0) is 18.5. The second kappa shape index (κ2) is 8.23. The smallest absolute Gasteiger partial charge is 0.313 e. The van der Waals surface area contributed by atoms with Crippen molar-refractivity contribution < 1.29 is 9.53 Å². The van der Waals surface area contributed by atoms with Gasteiger partial charge in [0, 0.05) is 12.5 Å². The number of fused-ring (bicyclic) bond motifs is 1. The Hall–Kier alpha value is -2.54. The number of aryl methyl sites for hydroxylation is 1. The molecule has 2 aromatic heterocycles. The van der Waals surface area contributed by atoms with Crippen molar-refractivity contribution in [3.05, 3.63) is 63.0 Å². The zero-order valence-corrected chi connectivity index (χ0v) is 15.7. The van der Waals surface area contributed by atoms with Crippen LogP contribution in [0.2, 0.25) is 0 Å². The molecule has 0 fully saturated rings. The second-order valence-corrected chi connectivity index (χ2v) is 7.05. The van der Waals surface area contributed by atoms with Crippen LogP contribution in [0.5, 0.6) is 0 Å². The van der Waals surface area contributed by atoms with Crippen LogP contribution in [0.4, 0.5) is 0 Å². The van der Waals surface area contributed by atoms with Gasteiger partial charge >= 0.3 is 5.97 Å². The average molecular weight is 371 g/mol. The monoisotopic (exact) mass is 371 g/mol. The summed E-state index contributed by atoms with van der Waals surface area (Å²) in [4.78, 5) is 29.6. The number of aromatic nitrogens is 3. The summed E-state index contributed by atoms with van der Waals surface area (Å²) in [5.41, 5.74) is 1.11. The van der Waals surface area contributed by atoms with Crippen LogP contribution < -0.4 is 5.56 Å². The van der Waals surface area contributed by atoms with Gasteiger partial charge in [0.1, 0.15) is 11.6 Å². The first-order chi connectivity index (χ1) is 12.6. The lowest BCUT2D eigenvalue weighted by Gasteiger charge is -2.14. The molecule has 0 saturated heterocycles. The third-order valence-corrected chi connectivity index (χ3v) is 5.03. The maximum absolute atomic E-state index is 12.4. The number of ether oxygens (including phenoxy) is 1. The molecule has 0 bridgehead atoms. The molecule has 1 atom stereocenters. The van der Waals surface area contributed by atoms with Crippen molar-refractivity contribution in [3.8, 4) is 0 Å². The topological polar surface area (TPSA) is 73.6 Å². The molecule has 1 aromatic carbocycles. The van der Waals surface area contributed by atoms with Gasteiger partial charge in [-0.3, -0.25) is 9.59 Å². The molecule has 0 aliphatic heterocycles. The molecule has 0 spiro atoms. The zero-order valence-electron chi connectivity index (χ0n) is 14.8. The fourth-order valence-electron chi connectivity index (χ4n) is 2.75. The Morgan fingerprint density at radius 3 is 2.73 bits per heavy atom. The minimum atomic E-state index is -0.319. The van der Waals surface area contributed by atoms with E-state index in [4.69, 9.17) is 4.74 Å². The first-order valence-corrected chi connectivity index (χ1v) is 9.54. The molecule has 7 heteroatoms. The van der Waals surface area contributed by atoms with Gasteiger partial charge in [-0.25, -0.2) is 4.98 Å². The van der Waals surface area contributed by atoms with Gasteiger partial charge in [0.2, 0.25) is 4.96 Å². The minimum absolute atomic E-state index is 0.0189. The molecule has 0 aliphatic carbocycles. The molecular weight excluding hydrogens is 350 g/mol. The molecule has 0 N–H and O–H groups in total. The van der Waals surface area contributed by atoms with E-state index in [0.29, 0.717) is 17.1 Å². The lowest BCUT2D eigenvalue weighted by molar-refractivity contribution is -0.147. The van der Waals surface area contributed by atoms with Crippen LogP contribution in [0.25, 0.3) is 4.96 Å². The molecule has 3 rings (SSSR count). The lowest BCUT2D eigenvalue weighted by Crippen LogP contribution is -2.19. The van der Waals surface area contributed by atoms with E-state index in [-0.39, 0.29) is 24.1 Å². The standard InChI is InChI=1S/C19H21N3O3S/c1-3-8-16-21-22-17(23)11-14(20-19(22)26-16)12-25-18(24)15(4-2)13-9-6-5-7-10-13/h5-7,9-11,15H,3-4,8,12H2,1-2H3. The fraction of sp³-hybridized carbons (Fsp3) is 0.368. The molecular formula is C19H21N3O3S. The van der Waals surface area contributed by atoms with Crippen LogP contribution in [0, 0.1) is 0 Å². The van der Waals surface area contributed by atoms with Crippen molar-refractivity contribution in [3.63, 3.8) is 0 Å². The van der Waals surface area contributed by atoms with Crippen LogP contribution in [-0.4, -0.2) is 20.6 Å². The van der Waals surface area contributed by atoms with Crippen molar-refractivity contribution in [2.75, 3.05) is 0 Å². The first-order valence-electron chi connectivity index (χ1n) is 8.72. The van der Waals surface area contributed by atoms with Crippen molar-refractivity contribution >= 4 is 22.3 Å². The molecule has 3 aromatic rings. The predicted molar refractivity (Wildman–Crippen MR) is 100 cm³/mol. The molecule has 0 aliphatic rings. The Morgan fingerprint density at radius 2 is 2.04 bits per heavy atom. The number of rotatable bonds is 7. The molecule has 0 saturated carbocycles. The van der Waals surface area contributed by atoms with E-state index in [1.807, 2.05) is 37.3 Å². The summed E-state index contributed by atoms with van der Waals surface area (Å²) in [7, 11) is 0. The Morgan fingerprint density at radius 1 is 1.27 bits per heavy atom. The van der Waals surface area contributed by atoms with Crippen LogP contribution in [-0.2, 0) is 22.6 Å². The number of nitrogens with zero attached hydrogens (tertiary/aromatic N) is 3. The summed E-state index contributed by atoms with van der Waals surface area (Å²) in [6, 6.07) is 10.9. The predicted octanol–water partition coefficient (Wildman–Crippen LogP) is 3.34. The van der Waals surface area contributed by atoms with Crippen LogP contribution in [0.3, 0.4) is 0 Å². The highest BCUT2D eigenvalue weighted by Gasteiger charge is 2.20. The largest absolute Gasteiger partial charge is 0.459 e. The van der Waals surface area contributed by atoms with E-state index in [9.17, 15) is 9.59 Å². The quantitative estimate of drug-likeness (QED) is 0.596. The molecule has 0 amide bonds. The molecule has 2 heterocycles. The Kier molecular flexibility index (Phi) is 5.78. The van der Waals surface area contributed by atoms with Crippen molar-refractivity contribution in [2.24, 2.45) is 0 Å². The van der Waals surface area contributed by atoms with E-state index < -0.39 is 0 Å². The van der Waals surface area contributed by atoms with Crippen molar-refractivity contribution in [1.29, 1.82) is 0 Å². The van der Waals surface area contributed by atoms with E-state index in [2.05, 4.69) is 17.0 Å². The van der Waals surface area contributed by atoms with Gasteiger partial charge in [-0.2, -0.15) is 9.61 Å². The van der Waals surface area contributed by atoms with Gasteiger partial charge in [0.25, 0.3) is 5.56 Å². The van der Waals surface area contributed by atoms with E-state index in [1.54, 1.807) is 0 Å². The second-order valence-electron chi connectivity index (χ2n) is 6.01.